The van der Waals surface area contributed by atoms with Crippen LogP contribution in [-0.4, -0.2) is 11.7 Å². The van der Waals surface area contributed by atoms with Crippen LogP contribution in [0.5, 0.6) is 0 Å². The Bertz CT molecular complexity index is 577. The molecule has 0 spiro atoms. The van der Waals surface area contributed by atoms with E-state index in [9.17, 15) is 4.79 Å². The summed E-state index contributed by atoms with van der Waals surface area (Å²) in [6.07, 6.45) is 0. The number of thioether (sulfide) groups is 1. The highest BCUT2D eigenvalue weighted by Crippen LogP contribution is 2.16. The molecule has 0 fully saturated rings. The predicted molar refractivity (Wildman–Crippen MR) is 88.2 cm³/mol. The number of aryl methyl sites for hydroxylation is 2. The maximum atomic E-state index is 11.8. The molecule has 2 aromatic rings. The molecule has 2 nitrogen and oxygen atoms in total. The highest BCUT2D eigenvalue weighted by molar-refractivity contribution is 7.99. The van der Waals surface area contributed by atoms with Crippen LogP contribution in [-0.2, 0) is 17.1 Å². The van der Waals surface area contributed by atoms with Gasteiger partial charge in [0.15, 0.2) is 0 Å². The van der Waals surface area contributed by atoms with Crippen LogP contribution in [0.1, 0.15) is 21.6 Å². The molecule has 2 rings (SSSR count). The van der Waals surface area contributed by atoms with Gasteiger partial charge in [0.25, 0.3) is 0 Å². The molecule has 0 atom stereocenters. The van der Waals surface area contributed by atoms with Crippen LogP contribution in [0.15, 0.2) is 35.7 Å². The van der Waals surface area contributed by atoms with E-state index >= 15 is 0 Å². The standard InChI is InChI=1S/C16H19NOS2/c1-12-5-3-4-6-14(12)10-19-11-16(18)17-9-15-13(2)7-8-20-15/h3-8H,9-11H2,1-2H3,(H,17,18). The summed E-state index contributed by atoms with van der Waals surface area (Å²) >= 11 is 3.35. The molecule has 0 radical (unpaired) electrons. The van der Waals surface area contributed by atoms with Gasteiger partial charge in [-0.3, -0.25) is 4.79 Å². The Morgan fingerprint density at radius 3 is 2.70 bits per heavy atom. The van der Waals surface area contributed by atoms with Crippen LogP contribution in [0.25, 0.3) is 0 Å². The van der Waals surface area contributed by atoms with E-state index < -0.39 is 0 Å². The Kier molecular flexibility index (Phi) is 5.68. The predicted octanol–water partition coefficient (Wildman–Crippen LogP) is 3.91. The van der Waals surface area contributed by atoms with Gasteiger partial charge in [-0.05, 0) is 42.0 Å². The van der Waals surface area contributed by atoms with E-state index in [1.807, 2.05) is 12.1 Å². The molecular weight excluding hydrogens is 286 g/mol. The quantitative estimate of drug-likeness (QED) is 0.876. The summed E-state index contributed by atoms with van der Waals surface area (Å²) in [5, 5.41) is 5.04. The Labute approximate surface area is 128 Å². The smallest absolute Gasteiger partial charge is 0.230 e. The summed E-state index contributed by atoms with van der Waals surface area (Å²) in [7, 11) is 0. The number of amides is 1. The summed E-state index contributed by atoms with van der Waals surface area (Å²) in [6, 6.07) is 10.4. The number of rotatable bonds is 6. The van der Waals surface area contributed by atoms with Gasteiger partial charge in [0, 0.05) is 10.6 Å². The van der Waals surface area contributed by atoms with E-state index in [0.29, 0.717) is 12.3 Å². The zero-order valence-corrected chi connectivity index (χ0v) is 13.4. The molecule has 4 heteroatoms. The molecule has 0 aliphatic rings. The van der Waals surface area contributed by atoms with E-state index in [2.05, 4.69) is 42.7 Å². The fourth-order valence-electron chi connectivity index (χ4n) is 1.84. The molecule has 1 N–H and O–H groups in total. The van der Waals surface area contributed by atoms with Crippen LogP contribution in [0.4, 0.5) is 0 Å². The molecule has 106 valence electrons. The fraction of sp³-hybridized carbons (Fsp3) is 0.312. The Morgan fingerprint density at radius 1 is 1.20 bits per heavy atom. The minimum atomic E-state index is 0.108. The molecule has 0 aliphatic heterocycles. The van der Waals surface area contributed by atoms with E-state index in [4.69, 9.17) is 0 Å². The van der Waals surface area contributed by atoms with Crippen LogP contribution in [0.2, 0.25) is 0 Å². The molecular formula is C16H19NOS2. The third-order valence-corrected chi connectivity index (χ3v) is 5.17. The lowest BCUT2D eigenvalue weighted by Gasteiger charge is -2.06. The lowest BCUT2D eigenvalue weighted by molar-refractivity contribution is -0.118. The van der Waals surface area contributed by atoms with Gasteiger partial charge in [0.05, 0.1) is 12.3 Å². The number of thiophene rings is 1. The molecule has 0 saturated carbocycles. The summed E-state index contributed by atoms with van der Waals surface area (Å²) in [5.74, 6) is 1.51. The first kappa shape index (κ1) is 15.1. The number of hydrogen-bond acceptors (Lipinski definition) is 3. The summed E-state index contributed by atoms with van der Waals surface area (Å²) < 4.78 is 0. The van der Waals surface area contributed by atoms with Crippen molar-refractivity contribution in [2.24, 2.45) is 0 Å². The molecule has 1 amide bonds. The van der Waals surface area contributed by atoms with Gasteiger partial charge in [-0.1, -0.05) is 24.3 Å². The van der Waals surface area contributed by atoms with Crippen molar-refractivity contribution in [2.45, 2.75) is 26.1 Å². The maximum Gasteiger partial charge on any atom is 0.230 e. The molecule has 1 heterocycles. The van der Waals surface area contributed by atoms with Gasteiger partial charge in [-0.2, -0.15) is 0 Å². The van der Waals surface area contributed by atoms with Gasteiger partial charge < -0.3 is 5.32 Å². The van der Waals surface area contributed by atoms with Crippen molar-refractivity contribution >= 4 is 29.0 Å². The zero-order chi connectivity index (χ0) is 14.4. The lowest BCUT2D eigenvalue weighted by atomic mass is 10.1. The van der Waals surface area contributed by atoms with Crippen LogP contribution >= 0.6 is 23.1 Å². The third kappa shape index (κ3) is 4.39. The first-order valence-corrected chi connectivity index (χ1v) is 8.62. The second-order valence-corrected chi connectivity index (χ2v) is 6.71. The van der Waals surface area contributed by atoms with Crippen molar-refractivity contribution < 1.29 is 4.79 Å². The molecule has 0 unspecified atom stereocenters. The Hall–Kier alpha value is -1.26. The SMILES string of the molecule is Cc1ccccc1CSCC(=O)NCc1sccc1C. The minimum absolute atomic E-state index is 0.108. The van der Waals surface area contributed by atoms with Crippen molar-refractivity contribution in [2.75, 3.05) is 5.75 Å². The largest absolute Gasteiger partial charge is 0.350 e. The molecule has 1 aromatic heterocycles. The zero-order valence-electron chi connectivity index (χ0n) is 11.8. The maximum absolute atomic E-state index is 11.8. The number of benzene rings is 1. The monoisotopic (exact) mass is 305 g/mol. The second-order valence-electron chi connectivity index (χ2n) is 4.72. The van der Waals surface area contributed by atoms with Crippen LogP contribution in [0, 0.1) is 13.8 Å². The average molecular weight is 305 g/mol. The summed E-state index contributed by atoms with van der Waals surface area (Å²) in [6.45, 7) is 4.83. The lowest BCUT2D eigenvalue weighted by Crippen LogP contribution is -2.24. The molecule has 1 aromatic carbocycles. The van der Waals surface area contributed by atoms with E-state index in [1.165, 1.54) is 21.6 Å². The molecule has 0 bridgehead atoms. The molecule has 0 saturated heterocycles. The first-order valence-electron chi connectivity index (χ1n) is 6.58. The van der Waals surface area contributed by atoms with Crippen molar-refractivity contribution in [3.63, 3.8) is 0 Å². The molecule has 0 aliphatic carbocycles. The van der Waals surface area contributed by atoms with E-state index in [1.54, 1.807) is 23.1 Å². The van der Waals surface area contributed by atoms with Crippen molar-refractivity contribution in [3.05, 3.63) is 57.3 Å². The highest BCUT2D eigenvalue weighted by atomic mass is 32.2. The Balaban J connectivity index is 1.71. The van der Waals surface area contributed by atoms with Gasteiger partial charge in [0.2, 0.25) is 5.91 Å². The van der Waals surface area contributed by atoms with Gasteiger partial charge in [-0.25, -0.2) is 0 Å². The number of nitrogens with one attached hydrogen (secondary N) is 1. The van der Waals surface area contributed by atoms with Crippen molar-refractivity contribution in [1.29, 1.82) is 0 Å². The summed E-state index contributed by atoms with van der Waals surface area (Å²) in [4.78, 5) is 13.0. The normalized spacial score (nSPS) is 10.5. The van der Waals surface area contributed by atoms with Crippen LogP contribution < -0.4 is 5.32 Å². The topological polar surface area (TPSA) is 29.1 Å². The van der Waals surface area contributed by atoms with Crippen LogP contribution in [0.3, 0.4) is 0 Å². The second kappa shape index (κ2) is 7.50. The number of carbonyl (C=O) groups is 1. The summed E-state index contributed by atoms with van der Waals surface area (Å²) in [5.41, 5.74) is 3.84. The van der Waals surface area contributed by atoms with Gasteiger partial charge in [0.1, 0.15) is 0 Å². The van der Waals surface area contributed by atoms with E-state index in [0.717, 1.165) is 5.75 Å². The average Bonchev–Trinajstić information content (AvgIpc) is 2.84. The highest BCUT2D eigenvalue weighted by Gasteiger charge is 2.05. The third-order valence-electron chi connectivity index (χ3n) is 3.17. The van der Waals surface area contributed by atoms with E-state index in [-0.39, 0.29) is 5.91 Å². The first-order chi connectivity index (χ1) is 9.66. The molecule has 20 heavy (non-hydrogen) atoms. The Morgan fingerprint density at radius 2 is 2.00 bits per heavy atom. The van der Waals surface area contributed by atoms with Crippen molar-refractivity contribution in [1.82, 2.24) is 5.32 Å². The number of hydrogen-bond donors (Lipinski definition) is 1. The number of carbonyl (C=O) groups excluding carboxylic acids is 1. The van der Waals surface area contributed by atoms with Crippen molar-refractivity contribution in [3.8, 4) is 0 Å². The minimum Gasteiger partial charge on any atom is -0.350 e. The fourth-order valence-corrected chi connectivity index (χ4v) is 3.62. The van der Waals surface area contributed by atoms with Gasteiger partial charge >= 0.3 is 0 Å². The van der Waals surface area contributed by atoms with Gasteiger partial charge in [-0.15, -0.1) is 23.1 Å².